The van der Waals surface area contributed by atoms with Crippen LogP contribution in [0.4, 0.5) is 0 Å². The molecule has 0 radical (unpaired) electrons. The van der Waals surface area contributed by atoms with Crippen LogP contribution in [0.1, 0.15) is 36.4 Å². The first-order valence-electron chi connectivity index (χ1n) is 7.23. The summed E-state index contributed by atoms with van der Waals surface area (Å²) in [7, 11) is 0. The number of fused-ring (bicyclic) bond motifs is 1. The minimum absolute atomic E-state index is 0.0596. The zero-order valence-electron chi connectivity index (χ0n) is 11.2. The SMILES string of the molecule is O=C(O)C1c2ccccc2CCN1C(=O)C1CC12CC2. The van der Waals surface area contributed by atoms with Crippen molar-refractivity contribution in [1.82, 2.24) is 4.90 Å². The van der Waals surface area contributed by atoms with Crippen molar-refractivity contribution < 1.29 is 14.7 Å². The highest BCUT2D eigenvalue weighted by atomic mass is 16.4. The van der Waals surface area contributed by atoms with E-state index in [1.54, 1.807) is 4.90 Å². The molecule has 1 spiro atoms. The molecule has 2 aliphatic carbocycles. The summed E-state index contributed by atoms with van der Waals surface area (Å²) >= 11 is 0. The number of hydrogen-bond donors (Lipinski definition) is 1. The van der Waals surface area contributed by atoms with Crippen LogP contribution in [-0.4, -0.2) is 28.4 Å². The fourth-order valence-electron chi connectivity index (χ4n) is 3.68. The van der Waals surface area contributed by atoms with Gasteiger partial charge in [-0.1, -0.05) is 24.3 Å². The summed E-state index contributed by atoms with van der Waals surface area (Å²) in [6.45, 7) is 0.527. The summed E-state index contributed by atoms with van der Waals surface area (Å²) in [5.41, 5.74) is 2.11. The topological polar surface area (TPSA) is 57.6 Å². The largest absolute Gasteiger partial charge is 0.479 e. The molecule has 4 nitrogen and oxygen atoms in total. The van der Waals surface area contributed by atoms with Crippen molar-refractivity contribution in [1.29, 1.82) is 0 Å². The number of rotatable bonds is 2. The summed E-state index contributed by atoms with van der Waals surface area (Å²) in [5.74, 6) is -0.769. The van der Waals surface area contributed by atoms with Crippen molar-refractivity contribution in [2.75, 3.05) is 6.54 Å². The maximum atomic E-state index is 12.6. The van der Waals surface area contributed by atoms with Crippen molar-refractivity contribution in [3.8, 4) is 0 Å². The van der Waals surface area contributed by atoms with Gasteiger partial charge >= 0.3 is 5.97 Å². The number of benzene rings is 1. The van der Waals surface area contributed by atoms with E-state index >= 15 is 0 Å². The Labute approximate surface area is 117 Å². The summed E-state index contributed by atoms with van der Waals surface area (Å²) < 4.78 is 0. The first-order chi connectivity index (χ1) is 9.62. The Kier molecular flexibility index (Phi) is 2.29. The molecule has 4 heteroatoms. The van der Waals surface area contributed by atoms with Gasteiger partial charge in [0.1, 0.15) is 0 Å². The van der Waals surface area contributed by atoms with Crippen LogP contribution in [0.3, 0.4) is 0 Å². The van der Waals surface area contributed by atoms with Crippen LogP contribution >= 0.6 is 0 Å². The number of hydrogen-bond acceptors (Lipinski definition) is 2. The van der Waals surface area contributed by atoms with E-state index in [4.69, 9.17) is 0 Å². The van der Waals surface area contributed by atoms with Gasteiger partial charge in [0.25, 0.3) is 0 Å². The van der Waals surface area contributed by atoms with E-state index in [1.807, 2.05) is 24.3 Å². The Hall–Kier alpha value is -1.84. The third kappa shape index (κ3) is 1.60. The van der Waals surface area contributed by atoms with Crippen molar-refractivity contribution >= 4 is 11.9 Å². The molecule has 3 aliphatic rings. The molecule has 1 aliphatic heterocycles. The molecule has 2 atom stereocenters. The standard InChI is InChI=1S/C16H17NO3/c18-14(12-9-16(12)6-7-16)17-8-5-10-3-1-2-4-11(10)13(17)15(19)20/h1-4,12-13H,5-9H2,(H,19,20). The van der Waals surface area contributed by atoms with Gasteiger partial charge in [-0.05, 0) is 42.2 Å². The second kappa shape index (κ2) is 3.84. The molecule has 2 unspecified atom stereocenters. The quantitative estimate of drug-likeness (QED) is 0.895. The number of nitrogens with zero attached hydrogens (tertiary/aromatic N) is 1. The molecule has 1 N–H and O–H groups in total. The molecule has 0 aromatic heterocycles. The van der Waals surface area contributed by atoms with Gasteiger partial charge in [0.15, 0.2) is 6.04 Å². The van der Waals surface area contributed by atoms with Crippen LogP contribution in [0.2, 0.25) is 0 Å². The third-order valence-corrected chi connectivity index (χ3v) is 5.18. The molecule has 1 amide bonds. The molecule has 104 valence electrons. The van der Waals surface area contributed by atoms with Gasteiger partial charge < -0.3 is 10.0 Å². The van der Waals surface area contributed by atoms with Gasteiger partial charge in [0.05, 0.1) is 0 Å². The molecule has 20 heavy (non-hydrogen) atoms. The van der Waals surface area contributed by atoms with Crippen LogP contribution < -0.4 is 0 Å². The van der Waals surface area contributed by atoms with Crippen LogP contribution in [0, 0.1) is 11.3 Å². The van der Waals surface area contributed by atoms with E-state index in [-0.39, 0.29) is 17.2 Å². The van der Waals surface area contributed by atoms with Gasteiger partial charge in [-0.25, -0.2) is 4.79 Å². The third-order valence-electron chi connectivity index (χ3n) is 5.18. The molecule has 4 rings (SSSR count). The molecule has 2 saturated carbocycles. The average molecular weight is 271 g/mol. The maximum Gasteiger partial charge on any atom is 0.331 e. The molecular weight excluding hydrogens is 254 g/mol. The summed E-state index contributed by atoms with van der Waals surface area (Å²) in [6.07, 6.45) is 4.01. The van der Waals surface area contributed by atoms with Crippen molar-refractivity contribution in [3.05, 3.63) is 35.4 Å². The second-order valence-electron chi connectivity index (χ2n) is 6.34. The van der Waals surface area contributed by atoms with E-state index in [1.165, 1.54) is 0 Å². The smallest absolute Gasteiger partial charge is 0.331 e. The normalized spacial score (nSPS) is 28.9. The predicted molar refractivity (Wildman–Crippen MR) is 72.0 cm³/mol. The minimum Gasteiger partial charge on any atom is -0.479 e. The van der Waals surface area contributed by atoms with Crippen LogP contribution in [0.5, 0.6) is 0 Å². The lowest BCUT2D eigenvalue weighted by Gasteiger charge is -2.35. The summed E-state index contributed by atoms with van der Waals surface area (Å²) in [5, 5.41) is 9.56. The lowest BCUT2D eigenvalue weighted by Crippen LogP contribution is -2.44. The van der Waals surface area contributed by atoms with Gasteiger partial charge in [-0.3, -0.25) is 4.79 Å². The molecule has 2 fully saturated rings. The molecule has 1 heterocycles. The Balaban J connectivity index is 1.66. The lowest BCUT2D eigenvalue weighted by molar-refractivity contribution is -0.152. The van der Waals surface area contributed by atoms with E-state index < -0.39 is 12.0 Å². The Bertz CT molecular complexity index is 605. The fraction of sp³-hybridized carbons (Fsp3) is 0.500. The lowest BCUT2D eigenvalue weighted by atomic mass is 9.92. The van der Waals surface area contributed by atoms with Crippen LogP contribution in [0.15, 0.2) is 24.3 Å². The fourth-order valence-corrected chi connectivity index (χ4v) is 3.68. The number of carbonyl (C=O) groups is 2. The Morgan fingerprint density at radius 3 is 2.65 bits per heavy atom. The zero-order chi connectivity index (χ0) is 13.9. The van der Waals surface area contributed by atoms with Crippen molar-refractivity contribution in [3.63, 3.8) is 0 Å². The molecule has 1 aromatic rings. The minimum atomic E-state index is -0.920. The first-order valence-corrected chi connectivity index (χ1v) is 7.23. The number of aliphatic carboxylic acids is 1. The highest BCUT2D eigenvalue weighted by Crippen LogP contribution is 2.71. The Morgan fingerprint density at radius 1 is 1.25 bits per heavy atom. The monoisotopic (exact) mass is 271 g/mol. The zero-order valence-corrected chi connectivity index (χ0v) is 11.2. The van der Waals surface area contributed by atoms with Crippen LogP contribution in [-0.2, 0) is 16.0 Å². The van der Waals surface area contributed by atoms with Crippen molar-refractivity contribution in [2.45, 2.75) is 31.7 Å². The summed E-state index contributed by atoms with van der Waals surface area (Å²) in [6, 6.07) is 6.78. The highest BCUT2D eigenvalue weighted by molar-refractivity contribution is 5.89. The number of carboxylic acids is 1. The first kappa shape index (κ1) is 11.9. The number of amides is 1. The molecule has 0 saturated heterocycles. The van der Waals surface area contributed by atoms with Gasteiger partial charge in [0.2, 0.25) is 5.91 Å². The molecule has 0 bridgehead atoms. The van der Waals surface area contributed by atoms with E-state index in [0.29, 0.717) is 6.54 Å². The highest BCUT2D eigenvalue weighted by Gasteiger charge is 2.67. The average Bonchev–Trinajstić information content (AvgIpc) is 3.37. The Morgan fingerprint density at radius 2 is 2.00 bits per heavy atom. The predicted octanol–water partition coefficient (Wildman–Crippen LogP) is 2.00. The summed E-state index contributed by atoms with van der Waals surface area (Å²) in [4.78, 5) is 25.9. The maximum absolute atomic E-state index is 12.6. The van der Waals surface area contributed by atoms with Gasteiger partial charge in [0, 0.05) is 12.5 Å². The van der Waals surface area contributed by atoms with E-state index in [0.717, 1.165) is 36.8 Å². The van der Waals surface area contributed by atoms with E-state index in [2.05, 4.69) is 0 Å². The number of carbonyl (C=O) groups excluding carboxylic acids is 1. The number of carboxylic acid groups (broad SMARTS) is 1. The second-order valence-corrected chi connectivity index (χ2v) is 6.34. The van der Waals surface area contributed by atoms with Crippen molar-refractivity contribution in [2.24, 2.45) is 11.3 Å². The van der Waals surface area contributed by atoms with Crippen LogP contribution in [0.25, 0.3) is 0 Å². The molecular formula is C16H17NO3. The van der Waals surface area contributed by atoms with Gasteiger partial charge in [-0.2, -0.15) is 0 Å². The molecule has 1 aromatic carbocycles. The van der Waals surface area contributed by atoms with E-state index in [9.17, 15) is 14.7 Å². The van der Waals surface area contributed by atoms with Gasteiger partial charge in [-0.15, -0.1) is 0 Å².